The maximum absolute atomic E-state index is 11.3. The minimum atomic E-state index is -0.438. The molecule has 1 aliphatic heterocycles. The fraction of sp³-hybridized carbons (Fsp3) is 0.778. The fourth-order valence-corrected chi connectivity index (χ4v) is 1.33. The van der Waals surface area contributed by atoms with Crippen LogP contribution in [0.4, 0.5) is 0 Å². The lowest BCUT2D eigenvalue weighted by molar-refractivity contribution is -0.132. The van der Waals surface area contributed by atoms with Gasteiger partial charge in [0.15, 0.2) is 0 Å². The molecular formula is C9H15N3O. The first-order chi connectivity index (χ1) is 6.05. The van der Waals surface area contributed by atoms with E-state index < -0.39 is 5.41 Å². The van der Waals surface area contributed by atoms with Crippen LogP contribution in [0, 0.1) is 16.7 Å². The standard InChI is InChI=1S/C9H15N3O/c1-9(2,6-10)7-12-4-3-11-5-8(12)13/h11H,3-5,7H2,1-2H3. The molecule has 1 aliphatic rings. The Labute approximate surface area is 78.5 Å². The molecule has 4 nitrogen and oxygen atoms in total. The van der Waals surface area contributed by atoms with Gasteiger partial charge in [-0.1, -0.05) is 0 Å². The minimum absolute atomic E-state index is 0.0922. The number of carbonyl (C=O) groups excluding carboxylic acids is 1. The summed E-state index contributed by atoms with van der Waals surface area (Å²) in [6.45, 7) is 6.17. The summed E-state index contributed by atoms with van der Waals surface area (Å²) >= 11 is 0. The van der Waals surface area contributed by atoms with Gasteiger partial charge in [-0.05, 0) is 13.8 Å². The molecular weight excluding hydrogens is 166 g/mol. The molecule has 1 heterocycles. The molecule has 13 heavy (non-hydrogen) atoms. The lowest BCUT2D eigenvalue weighted by Gasteiger charge is -2.31. The van der Waals surface area contributed by atoms with E-state index >= 15 is 0 Å². The van der Waals surface area contributed by atoms with Crippen LogP contribution >= 0.6 is 0 Å². The van der Waals surface area contributed by atoms with Crippen LogP contribution in [0.2, 0.25) is 0 Å². The molecule has 0 radical (unpaired) electrons. The maximum Gasteiger partial charge on any atom is 0.236 e. The molecule has 0 aromatic rings. The lowest BCUT2D eigenvalue weighted by atomic mass is 9.95. The van der Waals surface area contributed by atoms with E-state index in [-0.39, 0.29) is 5.91 Å². The van der Waals surface area contributed by atoms with Crippen molar-refractivity contribution in [2.75, 3.05) is 26.2 Å². The summed E-state index contributed by atoms with van der Waals surface area (Å²) in [6.07, 6.45) is 0. The van der Waals surface area contributed by atoms with Crippen LogP contribution in [0.15, 0.2) is 0 Å². The van der Waals surface area contributed by atoms with Gasteiger partial charge in [0.05, 0.1) is 18.0 Å². The monoisotopic (exact) mass is 181 g/mol. The zero-order valence-corrected chi connectivity index (χ0v) is 8.13. The van der Waals surface area contributed by atoms with Gasteiger partial charge in [0, 0.05) is 19.6 Å². The first kappa shape index (κ1) is 10.0. The van der Waals surface area contributed by atoms with E-state index in [2.05, 4.69) is 11.4 Å². The summed E-state index contributed by atoms with van der Waals surface area (Å²) in [5.74, 6) is 0.0922. The highest BCUT2D eigenvalue weighted by atomic mass is 16.2. The van der Waals surface area contributed by atoms with E-state index in [4.69, 9.17) is 5.26 Å². The molecule has 72 valence electrons. The number of nitrogens with one attached hydrogen (secondary N) is 1. The van der Waals surface area contributed by atoms with Crippen molar-refractivity contribution in [3.05, 3.63) is 0 Å². The second-order valence-corrected chi connectivity index (χ2v) is 3.99. The molecule has 0 saturated carbocycles. The van der Waals surface area contributed by atoms with Crippen molar-refractivity contribution < 1.29 is 4.79 Å². The van der Waals surface area contributed by atoms with Crippen LogP contribution in [0.3, 0.4) is 0 Å². The Balaban J connectivity index is 2.53. The maximum atomic E-state index is 11.3. The lowest BCUT2D eigenvalue weighted by Crippen LogP contribution is -2.50. The van der Waals surface area contributed by atoms with Crippen molar-refractivity contribution in [3.63, 3.8) is 0 Å². The van der Waals surface area contributed by atoms with Crippen LogP contribution in [0.5, 0.6) is 0 Å². The number of nitriles is 1. The number of rotatable bonds is 2. The second kappa shape index (κ2) is 3.75. The van der Waals surface area contributed by atoms with Gasteiger partial charge in [-0.3, -0.25) is 4.79 Å². The summed E-state index contributed by atoms with van der Waals surface area (Å²) < 4.78 is 0. The average Bonchev–Trinajstić information content (AvgIpc) is 2.09. The molecule has 0 bridgehead atoms. The SMILES string of the molecule is CC(C)(C#N)CN1CCNCC1=O. The third-order valence-electron chi connectivity index (χ3n) is 2.08. The summed E-state index contributed by atoms with van der Waals surface area (Å²) in [7, 11) is 0. The van der Waals surface area contributed by atoms with E-state index in [1.807, 2.05) is 13.8 Å². The van der Waals surface area contributed by atoms with Gasteiger partial charge in [-0.25, -0.2) is 0 Å². The molecule has 0 atom stereocenters. The van der Waals surface area contributed by atoms with Crippen LogP contribution in [-0.2, 0) is 4.79 Å². The van der Waals surface area contributed by atoms with E-state index in [0.29, 0.717) is 19.6 Å². The highest BCUT2D eigenvalue weighted by molar-refractivity contribution is 5.79. The second-order valence-electron chi connectivity index (χ2n) is 3.99. The summed E-state index contributed by atoms with van der Waals surface area (Å²) in [6, 6.07) is 2.19. The molecule has 0 aliphatic carbocycles. The first-order valence-corrected chi connectivity index (χ1v) is 4.45. The van der Waals surface area contributed by atoms with Gasteiger partial charge in [0.1, 0.15) is 0 Å². The number of hydrogen-bond acceptors (Lipinski definition) is 3. The Morgan fingerprint density at radius 1 is 1.69 bits per heavy atom. The molecule has 0 aromatic carbocycles. The van der Waals surface area contributed by atoms with Gasteiger partial charge >= 0.3 is 0 Å². The molecule has 1 saturated heterocycles. The summed E-state index contributed by atoms with van der Waals surface area (Å²) in [5.41, 5.74) is -0.438. The zero-order chi connectivity index (χ0) is 9.90. The van der Waals surface area contributed by atoms with Crippen molar-refractivity contribution in [3.8, 4) is 6.07 Å². The number of nitrogens with zero attached hydrogens (tertiary/aromatic N) is 2. The van der Waals surface area contributed by atoms with Gasteiger partial charge in [-0.2, -0.15) is 5.26 Å². The Morgan fingerprint density at radius 2 is 2.38 bits per heavy atom. The normalized spacial score (nSPS) is 18.5. The smallest absolute Gasteiger partial charge is 0.236 e. The van der Waals surface area contributed by atoms with Gasteiger partial charge in [0.25, 0.3) is 0 Å². The Kier molecular flexibility index (Phi) is 2.89. The molecule has 0 spiro atoms. The Hall–Kier alpha value is -1.08. The predicted molar refractivity (Wildman–Crippen MR) is 48.8 cm³/mol. The highest BCUT2D eigenvalue weighted by Crippen LogP contribution is 2.15. The molecule has 1 amide bonds. The quantitative estimate of drug-likeness (QED) is 0.650. The van der Waals surface area contributed by atoms with Crippen molar-refractivity contribution in [2.24, 2.45) is 5.41 Å². The van der Waals surface area contributed by atoms with E-state index in [0.717, 1.165) is 6.54 Å². The number of carbonyl (C=O) groups is 1. The van der Waals surface area contributed by atoms with Gasteiger partial charge in [-0.15, -0.1) is 0 Å². The Bertz CT molecular complexity index is 242. The zero-order valence-electron chi connectivity index (χ0n) is 8.13. The van der Waals surface area contributed by atoms with Crippen LogP contribution in [0.1, 0.15) is 13.8 Å². The fourth-order valence-electron chi connectivity index (χ4n) is 1.33. The number of amides is 1. The van der Waals surface area contributed by atoms with Crippen molar-refractivity contribution in [1.29, 1.82) is 5.26 Å². The molecule has 1 N–H and O–H groups in total. The van der Waals surface area contributed by atoms with Crippen LogP contribution < -0.4 is 5.32 Å². The van der Waals surface area contributed by atoms with Crippen molar-refractivity contribution in [1.82, 2.24) is 10.2 Å². The van der Waals surface area contributed by atoms with E-state index in [9.17, 15) is 4.79 Å². The van der Waals surface area contributed by atoms with E-state index in [1.165, 1.54) is 0 Å². The third kappa shape index (κ3) is 2.71. The highest BCUT2D eigenvalue weighted by Gasteiger charge is 2.25. The van der Waals surface area contributed by atoms with Gasteiger partial charge < -0.3 is 10.2 Å². The number of hydrogen-bond donors (Lipinski definition) is 1. The van der Waals surface area contributed by atoms with E-state index in [1.54, 1.807) is 4.90 Å². The predicted octanol–water partition coefficient (Wildman–Crippen LogP) is -0.0320. The summed E-state index contributed by atoms with van der Waals surface area (Å²) in [4.78, 5) is 13.1. The third-order valence-corrected chi connectivity index (χ3v) is 2.08. The Morgan fingerprint density at radius 3 is 2.92 bits per heavy atom. The molecule has 1 rings (SSSR count). The van der Waals surface area contributed by atoms with Gasteiger partial charge in [0.2, 0.25) is 5.91 Å². The topological polar surface area (TPSA) is 56.1 Å². The van der Waals surface area contributed by atoms with Crippen molar-refractivity contribution >= 4 is 5.91 Å². The van der Waals surface area contributed by atoms with Crippen LogP contribution in [-0.4, -0.2) is 37.0 Å². The first-order valence-electron chi connectivity index (χ1n) is 4.45. The molecule has 0 aromatic heterocycles. The summed E-state index contributed by atoms with van der Waals surface area (Å²) in [5, 5.41) is 11.8. The largest absolute Gasteiger partial charge is 0.339 e. The average molecular weight is 181 g/mol. The minimum Gasteiger partial charge on any atom is -0.339 e. The number of piperazine rings is 1. The van der Waals surface area contributed by atoms with Crippen LogP contribution in [0.25, 0.3) is 0 Å². The molecule has 1 fully saturated rings. The van der Waals surface area contributed by atoms with Crippen molar-refractivity contribution in [2.45, 2.75) is 13.8 Å². The molecule has 0 unspecified atom stereocenters. The molecule has 4 heteroatoms.